The molecule has 0 fully saturated rings. The number of rotatable bonds is 3. The molecule has 1 aromatic carbocycles. The fourth-order valence-electron chi connectivity index (χ4n) is 1.71. The van der Waals surface area contributed by atoms with E-state index >= 15 is 0 Å². The number of nitrogens with zero attached hydrogens (tertiary/aromatic N) is 1. The summed E-state index contributed by atoms with van der Waals surface area (Å²) in [4.78, 5) is 4.13. The van der Waals surface area contributed by atoms with E-state index in [-0.39, 0.29) is 6.61 Å². The van der Waals surface area contributed by atoms with E-state index in [9.17, 15) is 5.11 Å². The van der Waals surface area contributed by atoms with Gasteiger partial charge in [0.15, 0.2) is 0 Å². The predicted octanol–water partition coefficient (Wildman–Crippen LogP) is 3.75. The van der Waals surface area contributed by atoms with Crippen LogP contribution in [-0.2, 0) is 6.61 Å². The van der Waals surface area contributed by atoms with Gasteiger partial charge < -0.3 is 9.84 Å². The molecule has 0 aliphatic carbocycles. The number of pyridine rings is 1. The molecule has 0 saturated carbocycles. The van der Waals surface area contributed by atoms with Gasteiger partial charge in [-0.3, -0.25) is 0 Å². The molecule has 1 heterocycles. The molecule has 2 rings (SSSR count). The van der Waals surface area contributed by atoms with Gasteiger partial charge in [-0.25, -0.2) is 4.98 Å². The molecule has 0 aliphatic rings. The summed E-state index contributed by atoms with van der Waals surface area (Å²) in [5, 5.41) is 9.22. The zero-order valence-electron chi connectivity index (χ0n) is 10.3. The fourth-order valence-corrected chi connectivity index (χ4v) is 1.94. The molecule has 1 N–H and O–H groups in total. The second-order valence-corrected chi connectivity index (χ2v) is 4.89. The number of benzene rings is 1. The minimum Gasteiger partial charge on any atom is -0.439 e. The van der Waals surface area contributed by atoms with Crippen LogP contribution in [0.4, 0.5) is 0 Å². The highest BCUT2D eigenvalue weighted by molar-refractivity contribution is 9.10. The molecule has 0 atom stereocenters. The first kappa shape index (κ1) is 13.1. The van der Waals surface area contributed by atoms with Gasteiger partial charge in [0.1, 0.15) is 5.75 Å². The molecule has 0 bridgehead atoms. The SMILES string of the molecule is Cc1cc(Oc2ncccc2CO)cc(C)c1Br. The predicted molar refractivity (Wildman–Crippen MR) is 73.8 cm³/mol. The molecular weight excluding hydrogens is 294 g/mol. The Labute approximate surface area is 115 Å². The van der Waals surface area contributed by atoms with Crippen LogP contribution < -0.4 is 4.74 Å². The molecule has 18 heavy (non-hydrogen) atoms. The van der Waals surface area contributed by atoms with Gasteiger partial charge in [0.2, 0.25) is 5.88 Å². The lowest BCUT2D eigenvalue weighted by Crippen LogP contribution is -1.95. The number of halogens is 1. The summed E-state index contributed by atoms with van der Waals surface area (Å²) in [5.41, 5.74) is 2.88. The highest BCUT2D eigenvalue weighted by atomic mass is 79.9. The van der Waals surface area contributed by atoms with Gasteiger partial charge in [-0.2, -0.15) is 0 Å². The lowest BCUT2D eigenvalue weighted by molar-refractivity contribution is 0.275. The zero-order chi connectivity index (χ0) is 13.1. The molecule has 0 spiro atoms. The standard InChI is InChI=1S/C14H14BrNO2/c1-9-6-12(7-10(2)13(9)15)18-14-11(8-17)4-3-5-16-14/h3-7,17H,8H2,1-2H3. The van der Waals surface area contributed by atoms with Crippen LogP contribution in [0.2, 0.25) is 0 Å². The lowest BCUT2D eigenvalue weighted by Gasteiger charge is -2.11. The molecular formula is C14H14BrNO2. The Bertz CT molecular complexity index is 546. The molecule has 0 amide bonds. The van der Waals surface area contributed by atoms with E-state index in [0.717, 1.165) is 21.3 Å². The monoisotopic (exact) mass is 307 g/mol. The molecule has 94 valence electrons. The maximum absolute atomic E-state index is 9.22. The number of hydrogen-bond donors (Lipinski definition) is 1. The van der Waals surface area contributed by atoms with Gasteiger partial charge in [-0.1, -0.05) is 15.9 Å². The van der Waals surface area contributed by atoms with E-state index in [1.165, 1.54) is 0 Å². The van der Waals surface area contributed by atoms with Gasteiger partial charge in [0.25, 0.3) is 0 Å². The third-order valence-corrected chi connectivity index (χ3v) is 3.90. The normalized spacial score (nSPS) is 10.4. The molecule has 1 aromatic heterocycles. The van der Waals surface area contributed by atoms with E-state index in [1.807, 2.05) is 26.0 Å². The van der Waals surface area contributed by atoms with E-state index in [0.29, 0.717) is 11.4 Å². The highest BCUT2D eigenvalue weighted by Crippen LogP contribution is 2.29. The lowest BCUT2D eigenvalue weighted by atomic mass is 10.1. The summed E-state index contributed by atoms with van der Waals surface area (Å²) in [6.45, 7) is 3.93. The van der Waals surface area contributed by atoms with Gasteiger partial charge in [-0.15, -0.1) is 0 Å². The average molecular weight is 308 g/mol. The second kappa shape index (κ2) is 5.50. The van der Waals surface area contributed by atoms with Crippen LogP contribution in [0.15, 0.2) is 34.9 Å². The van der Waals surface area contributed by atoms with Crippen LogP contribution in [0.1, 0.15) is 16.7 Å². The van der Waals surface area contributed by atoms with Crippen molar-refractivity contribution in [2.24, 2.45) is 0 Å². The molecule has 4 heteroatoms. The fraction of sp³-hybridized carbons (Fsp3) is 0.214. The maximum Gasteiger partial charge on any atom is 0.224 e. The van der Waals surface area contributed by atoms with Crippen LogP contribution >= 0.6 is 15.9 Å². The van der Waals surface area contributed by atoms with Crippen LogP contribution in [-0.4, -0.2) is 10.1 Å². The first-order valence-corrected chi connectivity index (χ1v) is 6.40. The van der Waals surface area contributed by atoms with Gasteiger partial charge in [0.05, 0.1) is 6.61 Å². The minimum absolute atomic E-state index is 0.0856. The quantitative estimate of drug-likeness (QED) is 0.939. The van der Waals surface area contributed by atoms with Crippen molar-refractivity contribution in [1.29, 1.82) is 0 Å². The van der Waals surface area contributed by atoms with E-state index in [2.05, 4.69) is 20.9 Å². The van der Waals surface area contributed by atoms with Crippen molar-refractivity contribution in [3.05, 3.63) is 51.6 Å². The Morgan fingerprint density at radius 3 is 2.56 bits per heavy atom. The van der Waals surface area contributed by atoms with Crippen molar-refractivity contribution in [1.82, 2.24) is 4.98 Å². The number of hydrogen-bond acceptors (Lipinski definition) is 3. The van der Waals surface area contributed by atoms with Crippen molar-refractivity contribution in [2.75, 3.05) is 0 Å². The van der Waals surface area contributed by atoms with E-state index in [1.54, 1.807) is 18.3 Å². The van der Waals surface area contributed by atoms with Crippen molar-refractivity contribution < 1.29 is 9.84 Å². The minimum atomic E-state index is -0.0856. The van der Waals surface area contributed by atoms with Crippen LogP contribution in [0.25, 0.3) is 0 Å². The molecule has 0 unspecified atom stereocenters. The first-order valence-electron chi connectivity index (χ1n) is 5.61. The molecule has 0 radical (unpaired) electrons. The van der Waals surface area contributed by atoms with Crippen LogP contribution in [0.3, 0.4) is 0 Å². The highest BCUT2D eigenvalue weighted by Gasteiger charge is 2.07. The second-order valence-electron chi connectivity index (χ2n) is 4.10. The average Bonchev–Trinajstić information content (AvgIpc) is 2.36. The number of aliphatic hydroxyl groups excluding tert-OH is 1. The summed E-state index contributed by atoms with van der Waals surface area (Å²) in [5.74, 6) is 1.17. The summed E-state index contributed by atoms with van der Waals surface area (Å²) >= 11 is 3.52. The van der Waals surface area contributed by atoms with Crippen LogP contribution in [0, 0.1) is 13.8 Å². The Kier molecular flexibility index (Phi) is 3.99. The van der Waals surface area contributed by atoms with E-state index in [4.69, 9.17) is 4.74 Å². The number of aliphatic hydroxyl groups is 1. The third-order valence-electron chi connectivity index (χ3n) is 2.64. The van der Waals surface area contributed by atoms with Crippen molar-refractivity contribution in [3.63, 3.8) is 0 Å². The van der Waals surface area contributed by atoms with Gasteiger partial charge in [0, 0.05) is 16.2 Å². The van der Waals surface area contributed by atoms with Gasteiger partial charge >= 0.3 is 0 Å². The number of aromatic nitrogens is 1. The molecule has 3 nitrogen and oxygen atoms in total. The smallest absolute Gasteiger partial charge is 0.224 e. The van der Waals surface area contributed by atoms with E-state index < -0.39 is 0 Å². The summed E-state index contributed by atoms with van der Waals surface area (Å²) in [7, 11) is 0. The topological polar surface area (TPSA) is 42.4 Å². The summed E-state index contributed by atoms with van der Waals surface area (Å²) < 4.78 is 6.81. The Morgan fingerprint density at radius 1 is 1.28 bits per heavy atom. The summed E-state index contributed by atoms with van der Waals surface area (Å²) in [6, 6.07) is 7.44. The number of aryl methyl sites for hydroxylation is 2. The Balaban J connectivity index is 2.34. The Morgan fingerprint density at radius 2 is 1.94 bits per heavy atom. The summed E-state index contributed by atoms with van der Waals surface area (Å²) in [6.07, 6.45) is 1.65. The third kappa shape index (κ3) is 2.71. The van der Waals surface area contributed by atoms with Crippen molar-refractivity contribution >= 4 is 15.9 Å². The molecule has 0 aliphatic heterocycles. The molecule has 2 aromatic rings. The maximum atomic E-state index is 9.22. The largest absolute Gasteiger partial charge is 0.439 e. The van der Waals surface area contributed by atoms with Crippen molar-refractivity contribution in [3.8, 4) is 11.6 Å². The van der Waals surface area contributed by atoms with Crippen LogP contribution in [0.5, 0.6) is 11.6 Å². The Hall–Kier alpha value is -1.39. The van der Waals surface area contributed by atoms with Gasteiger partial charge in [-0.05, 0) is 49.2 Å². The first-order chi connectivity index (χ1) is 8.61. The molecule has 0 saturated heterocycles. The number of ether oxygens (including phenoxy) is 1. The zero-order valence-corrected chi connectivity index (χ0v) is 11.9. The van der Waals surface area contributed by atoms with Crippen molar-refractivity contribution in [2.45, 2.75) is 20.5 Å².